The maximum atomic E-state index is 5.48. The molecule has 1 aromatic rings. The Morgan fingerprint density at radius 3 is 2.20 bits per heavy atom. The topological polar surface area (TPSA) is 3.24 Å². The van der Waals surface area contributed by atoms with E-state index in [4.69, 9.17) is 7.98 Å². The number of aryl methyl sites for hydroxylation is 1. The van der Waals surface area contributed by atoms with Gasteiger partial charge in [0.2, 0.25) is 7.98 Å². The summed E-state index contributed by atoms with van der Waals surface area (Å²) >= 11 is 2.03. The first-order chi connectivity index (χ1) is 4.70. The van der Waals surface area contributed by atoms with Gasteiger partial charge in [0.15, 0.2) is 0 Å². The van der Waals surface area contributed by atoms with Crippen molar-refractivity contribution in [3.05, 3.63) is 29.8 Å². The van der Waals surface area contributed by atoms with Crippen molar-refractivity contribution >= 4 is 36.5 Å². The first-order valence-corrected chi connectivity index (χ1v) is 3.94. The average Bonchev–Trinajstić information content (AvgIpc) is 1.88. The fourth-order valence-corrected chi connectivity index (χ4v) is 1.01. The molecule has 10 heavy (non-hydrogen) atoms. The summed E-state index contributed by atoms with van der Waals surface area (Å²) in [4.78, 5) is 0. The summed E-state index contributed by atoms with van der Waals surface area (Å²) in [6, 6.07) is 8.05. The van der Waals surface area contributed by atoms with Gasteiger partial charge in [-0.25, -0.2) is 0 Å². The Labute approximate surface area is 76.3 Å². The van der Waals surface area contributed by atoms with E-state index in [-0.39, 0.29) is 0 Å². The normalized spacial score (nSPS) is 9.40. The lowest BCUT2D eigenvalue weighted by Gasteiger charge is -2.09. The van der Waals surface area contributed by atoms with Crippen LogP contribution in [-0.4, -0.2) is 7.98 Å². The molecule has 0 atom stereocenters. The highest BCUT2D eigenvalue weighted by molar-refractivity contribution is 14.1. The van der Waals surface area contributed by atoms with Crippen molar-refractivity contribution in [1.29, 1.82) is 0 Å². The van der Waals surface area contributed by atoms with Gasteiger partial charge in [-0.15, -0.1) is 0 Å². The highest BCUT2D eigenvalue weighted by Gasteiger charge is 1.92. The van der Waals surface area contributed by atoms with Gasteiger partial charge in [0.05, 0.1) is 0 Å². The van der Waals surface area contributed by atoms with Crippen LogP contribution in [0, 0.1) is 6.92 Å². The Morgan fingerprint density at radius 2 is 1.80 bits per heavy atom. The molecule has 0 aromatic heterocycles. The van der Waals surface area contributed by atoms with Gasteiger partial charge in [0.25, 0.3) is 0 Å². The van der Waals surface area contributed by atoms with Crippen molar-refractivity contribution in [2.24, 2.45) is 0 Å². The van der Waals surface area contributed by atoms with E-state index in [1.165, 1.54) is 5.56 Å². The van der Waals surface area contributed by atoms with Crippen molar-refractivity contribution < 1.29 is 0 Å². The molecule has 50 valence electrons. The standard InChI is InChI=1S/C7H7BIN/c1-6-2-4-7(5-3-6)10(8)9/h2-5H,1H3. The Hall–Kier alpha value is -0.185. The van der Waals surface area contributed by atoms with Crippen LogP contribution in [0.1, 0.15) is 5.56 Å². The van der Waals surface area contributed by atoms with Gasteiger partial charge in [-0.1, -0.05) is 17.7 Å². The fourth-order valence-electron chi connectivity index (χ4n) is 0.687. The quantitative estimate of drug-likeness (QED) is 0.415. The molecular formula is C7H7BIN. The second kappa shape index (κ2) is 3.28. The van der Waals surface area contributed by atoms with Crippen LogP contribution in [0.25, 0.3) is 0 Å². The molecule has 0 spiro atoms. The van der Waals surface area contributed by atoms with Crippen LogP contribution >= 0.6 is 22.9 Å². The second-order valence-electron chi connectivity index (χ2n) is 2.15. The number of benzene rings is 1. The van der Waals surface area contributed by atoms with Crippen molar-refractivity contribution in [1.82, 2.24) is 0 Å². The number of hydrogen-bond acceptors (Lipinski definition) is 1. The van der Waals surface area contributed by atoms with Crippen molar-refractivity contribution in [2.45, 2.75) is 6.92 Å². The van der Waals surface area contributed by atoms with Crippen LogP contribution in [-0.2, 0) is 0 Å². The summed E-state index contributed by atoms with van der Waals surface area (Å²) < 4.78 is 1.57. The molecule has 1 nitrogen and oxygen atoms in total. The highest BCUT2D eigenvalue weighted by Crippen LogP contribution is 2.15. The molecule has 0 saturated heterocycles. The van der Waals surface area contributed by atoms with E-state index >= 15 is 0 Å². The van der Waals surface area contributed by atoms with Gasteiger partial charge < -0.3 is 3.02 Å². The summed E-state index contributed by atoms with van der Waals surface area (Å²) in [5, 5.41) is 0. The lowest BCUT2D eigenvalue weighted by molar-refractivity contribution is 1.46. The van der Waals surface area contributed by atoms with Gasteiger partial charge in [-0.3, -0.25) is 0 Å². The molecule has 0 fully saturated rings. The van der Waals surface area contributed by atoms with Gasteiger partial charge in [0, 0.05) is 28.6 Å². The van der Waals surface area contributed by atoms with Crippen LogP contribution in [0.4, 0.5) is 5.69 Å². The third-order valence-electron chi connectivity index (χ3n) is 1.28. The van der Waals surface area contributed by atoms with E-state index in [1.54, 1.807) is 3.02 Å². The largest absolute Gasteiger partial charge is 0.372 e. The minimum atomic E-state index is 1.02. The zero-order valence-corrected chi connectivity index (χ0v) is 7.87. The molecule has 1 rings (SSSR count). The fraction of sp³-hybridized carbons (Fsp3) is 0.143. The van der Waals surface area contributed by atoms with Gasteiger partial charge >= 0.3 is 0 Å². The summed E-state index contributed by atoms with van der Waals surface area (Å²) in [7, 11) is 5.48. The van der Waals surface area contributed by atoms with Crippen molar-refractivity contribution in [3.8, 4) is 0 Å². The maximum Gasteiger partial charge on any atom is 0.242 e. The van der Waals surface area contributed by atoms with E-state index in [0.29, 0.717) is 0 Å². The van der Waals surface area contributed by atoms with Crippen molar-refractivity contribution in [3.63, 3.8) is 0 Å². The Kier molecular flexibility index (Phi) is 2.60. The molecule has 0 bridgehead atoms. The third kappa shape index (κ3) is 1.90. The first kappa shape index (κ1) is 7.92. The SMILES string of the molecule is [B]N(I)c1ccc(C)cc1. The summed E-state index contributed by atoms with van der Waals surface area (Å²) in [5.41, 5.74) is 2.27. The molecule has 0 N–H and O–H groups in total. The van der Waals surface area contributed by atoms with Gasteiger partial charge in [0.1, 0.15) is 0 Å². The monoisotopic (exact) mass is 243 g/mol. The minimum absolute atomic E-state index is 1.02. The van der Waals surface area contributed by atoms with E-state index in [9.17, 15) is 0 Å². The smallest absolute Gasteiger partial charge is 0.242 e. The van der Waals surface area contributed by atoms with Crippen molar-refractivity contribution in [2.75, 3.05) is 3.02 Å². The zero-order chi connectivity index (χ0) is 7.56. The van der Waals surface area contributed by atoms with Gasteiger partial charge in [-0.05, 0) is 19.1 Å². The molecule has 3 heteroatoms. The summed E-state index contributed by atoms with van der Waals surface area (Å²) in [6.07, 6.45) is 0. The van der Waals surface area contributed by atoms with Crippen LogP contribution in [0.5, 0.6) is 0 Å². The zero-order valence-electron chi connectivity index (χ0n) is 5.71. The number of anilines is 1. The molecule has 0 unspecified atom stereocenters. The molecule has 0 amide bonds. The van der Waals surface area contributed by atoms with E-state index in [1.807, 2.05) is 47.1 Å². The summed E-state index contributed by atoms with van der Waals surface area (Å²) in [5.74, 6) is 0. The van der Waals surface area contributed by atoms with E-state index < -0.39 is 0 Å². The molecule has 0 aliphatic carbocycles. The predicted molar refractivity (Wildman–Crippen MR) is 53.4 cm³/mol. The molecule has 0 aliphatic rings. The molecule has 2 radical (unpaired) electrons. The second-order valence-corrected chi connectivity index (χ2v) is 3.19. The number of rotatable bonds is 1. The molecule has 0 aliphatic heterocycles. The number of nitrogens with zero attached hydrogens (tertiary/aromatic N) is 1. The van der Waals surface area contributed by atoms with E-state index in [0.717, 1.165) is 5.69 Å². The molecular weight excluding hydrogens is 236 g/mol. The van der Waals surface area contributed by atoms with Crippen LogP contribution in [0.3, 0.4) is 0 Å². The predicted octanol–water partition coefficient (Wildman–Crippen LogP) is 2.23. The molecule has 1 aromatic carbocycles. The Balaban J connectivity index is 2.89. The Morgan fingerprint density at radius 1 is 1.30 bits per heavy atom. The van der Waals surface area contributed by atoms with Crippen LogP contribution < -0.4 is 3.02 Å². The van der Waals surface area contributed by atoms with Gasteiger partial charge in [-0.2, -0.15) is 0 Å². The number of hydrogen-bond donors (Lipinski definition) is 0. The van der Waals surface area contributed by atoms with E-state index in [2.05, 4.69) is 6.92 Å². The highest BCUT2D eigenvalue weighted by atomic mass is 127. The maximum absolute atomic E-state index is 5.48. The number of halogens is 1. The first-order valence-electron chi connectivity index (χ1n) is 2.97. The van der Waals surface area contributed by atoms with Crippen LogP contribution in [0.15, 0.2) is 24.3 Å². The lowest BCUT2D eigenvalue weighted by Crippen LogP contribution is -2.00. The van der Waals surface area contributed by atoms with Crippen LogP contribution in [0.2, 0.25) is 0 Å². The average molecular weight is 243 g/mol. The minimum Gasteiger partial charge on any atom is -0.372 e. The lowest BCUT2D eigenvalue weighted by atomic mass is 10.2. The molecule has 0 heterocycles. The summed E-state index contributed by atoms with van der Waals surface area (Å²) in [6.45, 7) is 2.05. The third-order valence-corrected chi connectivity index (χ3v) is 1.84. The Bertz CT molecular complexity index is 207. The molecule has 0 saturated carbocycles.